The molecular formula is C6H10INOS. The molecule has 0 aliphatic carbocycles. The Balaban J connectivity index is 2.31. The van der Waals surface area contributed by atoms with Gasteiger partial charge < -0.3 is 4.90 Å². The van der Waals surface area contributed by atoms with E-state index in [2.05, 4.69) is 22.6 Å². The van der Waals surface area contributed by atoms with Gasteiger partial charge in [0.05, 0.1) is 4.43 Å². The minimum absolute atomic E-state index is 0.293. The van der Waals surface area contributed by atoms with Crippen LogP contribution in [0.1, 0.15) is 0 Å². The van der Waals surface area contributed by atoms with Gasteiger partial charge in [-0.25, -0.2) is 0 Å². The normalized spacial score (nSPS) is 19.1. The molecule has 58 valence electrons. The van der Waals surface area contributed by atoms with Crippen molar-refractivity contribution in [3.05, 3.63) is 0 Å². The van der Waals surface area contributed by atoms with Gasteiger partial charge in [-0.15, -0.1) is 0 Å². The molecule has 1 saturated heterocycles. The fourth-order valence-electron chi connectivity index (χ4n) is 0.897. The molecule has 1 amide bonds. The van der Waals surface area contributed by atoms with Crippen LogP contribution in [-0.2, 0) is 4.79 Å². The Hall–Kier alpha value is 0.550. The van der Waals surface area contributed by atoms with Crippen molar-refractivity contribution in [2.24, 2.45) is 0 Å². The van der Waals surface area contributed by atoms with Crippen LogP contribution < -0.4 is 0 Å². The van der Waals surface area contributed by atoms with Crippen LogP contribution in [-0.4, -0.2) is 39.8 Å². The third-order valence-electron chi connectivity index (χ3n) is 1.48. The number of thioether (sulfide) groups is 1. The molecule has 1 aliphatic heterocycles. The molecular weight excluding hydrogens is 261 g/mol. The van der Waals surface area contributed by atoms with Crippen LogP contribution in [0.15, 0.2) is 0 Å². The van der Waals surface area contributed by atoms with Crippen LogP contribution in [0.2, 0.25) is 0 Å². The van der Waals surface area contributed by atoms with Gasteiger partial charge in [-0.2, -0.15) is 11.8 Å². The Morgan fingerprint density at radius 2 is 2.10 bits per heavy atom. The number of carbonyl (C=O) groups excluding carboxylic acids is 1. The van der Waals surface area contributed by atoms with Crippen molar-refractivity contribution in [2.45, 2.75) is 0 Å². The summed E-state index contributed by atoms with van der Waals surface area (Å²) in [7, 11) is 0. The van der Waals surface area contributed by atoms with Crippen LogP contribution in [0.5, 0.6) is 0 Å². The fourth-order valence-corrected chi connectivity index (χ4v) is 2.28. The van der Waals surface area contributed by atoms with Gasteiger partial charge in [-0.3, -0.25) is 4.79 Å². The predicted octanol–water partition coefficient (Wildman–Crippen LogP) is 0.997. The van der Waals surface area contributed by atoms with E-state index in [4.69, 9.17) is 0 Å². The van der Waals surface area contributed by atoms with Crippen molar-refractivity contribution in [1.29, 1.82) is 0 Å². The molecule has 0 saturated carbocycles. The average Bonchev–Trinajstić information content (AvgIpc) is 2.05. The predicted molar refractivity (Wildman–Crippen MR) is 52.8 cm³/mol. The van der Waals surface area contributed by atoms with Gasteiger partial charge in [0.15, 0.2) is 0 Å². The molecule has 10 heavy (non-hydrogen) atoms. The SMILES string of the molecule is O=C(CI)N1CCSCC1. The lowest BCUT2D eigenvalue weighted by Crippen LogP contribution is -2.38. The summed E-state index contributed by atoms with van der Waals surface area (Å²) in [6, 6.07) is 0. The first kappa shape index (κ1) is 8.64. The third kappa shape index (κ3) is 2.30. The molecule has 0 spiro atoms. The van der Waals surface area contributed by atoms with E-state index >= 15 is 0 Å². The van der Waals surface area contributed by atoms with Crippen molar-refractivity contribution < 1.29 is 4.79 Å². The molecule has 4 heteroatoms. The topological polar surface area (TPSA) is 20.3 Å². The minimum Gasteiger partial charge on any atom is -0.340 e. The zero-order valence-electron chi connectivity index (χ0n) is 5.68. The summed E-state index contributed by atoms with van der Waals surface area (Å²) in [4.78, 5) is 13.0. The zero-order chi connectivity index (χ0) is 7.40. The number of hydrogen-bond donors (Lipinski definition) is 0. The van der Waals surface area contributed by atoms with Crippen LogP contribution in [0.4, 0.5) is 0 Å². The largest absolute Gasteiger partial charge is 0.340 e. The van der Waals surface area contributed by atoms with Crippen molar-refractivity contribution in [3.8, 4) is 0 Å². The summed E-state index contributed by atoms with van der Waals surface area (Å²) in [5.41, 5.74) is 0. The highest BCUT2D eigenvalue weighted by molar-refractivity contribution is 14.1. The highest BCUT2D eigenvalue weighted by Crippen LogP contribution is 2.09. The molecule has 1 rings (SSSR count). The second-order valence-corrected chi connectivity index (χ2v) is 4.11. The Labute approximate surface area is 78.9 Å². The van der Waals surface area contributed by atoms with E-state index < -0.39 is 0 Å². The number of amides is 1. The maximum atomic E-state index is 11.1. The Kier molecular flexibility index (Phi) is 3.83. The van der Waals surface area contributed by atoms with E-state index in [1.165, 1.54) is 0 Å². The van der Waals surface area contributed by atoms with Gasteiger partial charge in [-0.05, 0) is 0 Å². The van der Waals surface area contributed by atoms with E-state index in [0.29, 0.717) is 10.3 Å². The summed E-state index contributed by atoms with van der Waals surface area (Å²) in [5.74, 6) is 2.52. The van der Waals surface area contributed by atoms with Gasteiger partial charge in [0.2, 0.25) is 5.91 Å². The minimum atomic E-state index is 0.293. The number of carbonyl (C=O) groups is 1. The Morgan fingerprint density at radius 1 is 1.50 bits per heavy atom. The first-order valence-electron chi connectivity index (χ1n) is 3.26. The molecule has 1 heterocycles. The number of alkyl halides is 1. The molecule has 0 bridgehead atoms. The summed E-state index contributed by atoms with van der Waals surface area (Å²) in [6.45, 7) is 1.90. The quantitative estimate of drug-likeness (QED) is 0.524. The average molecular weight is 271 g/mol. The Bertz CT molecular complexity index is 125. The van der Waals surface area contributed by atoms with Crippen LogP contribution in [0.25, 0.3) is 0 Å². The van der Waals surface area contributed by atoms with Crippen molar-refractivity contribution in [1.82, 2.24) is 4.90 Å². The summed E-state index contributed by atoms with van der Waals surface area (Å²) in [6.07, 6.45) is 0. The van der Waals surface area contributed by atoms with E-state index in [0.717, 1.165) is 24.6 Å². The third-order valence-corrected chi connectivity index (χ3v) is 3.07. The number of hydrogen-bond acceptors (Lipinski definition) is 2. The summed E-state index contributed by atoms with van der Waals surface area (Å²) in [5, 5.41) is 0. The number of rotatable bonds is 1. The molecule has 0 aromatic rings. The smallest absolute Gasteiger partial charge is 0.232 e. The maximum absolute atomic E-state index is 11.1. The monoisotopic (exact) mass is 271 g/mol. The lowest BCUT2D eigenvalue weighted by molar-refractivity contribution is -0.127. The van der Waals surface area contributed by atoms with Crippen LogP contribution in [0, 0.1) is 0 Å². The zero-order valence-corrected chi connectivity index (χ0v) is 8.65. The highest BCUT2D eigenvalue weighted by Gasteiger charge is 2.14. The second-order valence-electron chi connectivity index (χ2n) is 2.13. The van der Waals surface area contributed by atoms with Crippen molar-refractivity contribution in [2.75, 3.05) is 29.0 Å². The lowest BCUT2D eigenvalue weighted by atomic mass is 10.5. The first-order valence-corrected chi connectivity index (χ1v) is 5.94. The van der Waals surface area contributed by atoms with Crippen LogP contribution >= 0.6 is 34.4 Å². The molecule has 0 unspecified atom stereocenters. The van der Waals surface area contributed by atoms with Gasteiger partial charge in [0, 0.05) is 24.6 Å². The Morgan fingerprint density at radius 3 is 2.60 bits per heavy atom. The molecule has 0 N–H and O–H groups in total. The number of halogens is 1. The maximum Gasteiger partial charge on any atom is 0.232 e. The number of nitrogens with zero attached hydrogens (tertiary/aromatic N) is 1. The van der Waals surface area contributed by atoms with E-state index in [1.807, 2.05) is 16.7 Å². The van der Waals surface area contributed by atoms with E-state index in [1.54, 1.807) is 0 Å². The highest BCUT2D eigenvalue weighted by atomic mass is 127. The van der Waals surface area contributed by atoms with Gasteiger partial charge in [0.25, 0.3) is 0 Å². The molecule has 0 aromatic heterocycles. The van der Waals surface area contributed by atoms with Gasteiger partial charge >= 0.3 is 0 Å². The molecule has 0 atom stereocenters. The molecule has 1 aliphatic rings. The molecule has 2 nitrogen and oxygen atoms in total. The summed E-state index contributed by atoms with van der Waals surface area (Å²) < 4.78 is 0.627. The van der Waals surface area contributed by atoms with Crippen LogP contribution in [0.3, 0.4) is 0 Å². The fraction of sp³-hybridized carbons (Fsp3) is 0.833. The van der Waals surface area contributed by atoms with E-state index in [9.17, 15) is 4.79 Å². The van der Waals surface area contributed by atoms with Crippen molar-refractivity contribution >= 4 is 40.3 Å². The van der Waals surface area contributed by atoms with Gasteiger partial charge in [-0.1, -0.05) is 22.6 Å². The van der Waals surface area contributed by atoms with Gasteiger partial charge in [0.1, 0.15) is 0 Å². The standard InChI is InChI=1S/C6H10INOS/c7-5-6(9)8-1-3-10-4-2-8/h1-5H2. The molecule has 1 fully saturated rings. The van der Waals surface area contributed by atoms with Crippen molar-refractivity contribution in [3.63, 3.8) is 0 Å². The first-order chi connectivity index (χ1) is 4.84. The molecule has 0 aromatic carbocycles. The molecule has 0 radical (unpaired) electrons. The lowest BCUT2D eigenvalue weighted by Gasteiger charge is -2.25. The summed E-state index contributed by atoms with van der Waals surface area (Å²) >= 11 is 4.05. The second kappa shape index (κ2) is 4.43. The van der Waals surface area contributed by atoms with E-state index in [-0.39, 0.29) is 0 Å².